The Balaban J connectivity index is 3.32. The molecule has 0 unspecified atom stereocenters. The predicted octanol–water partition coefficient (Wildman–Crippen LogP) is 0.804. The van der Waals surface area contributed by atoms with E-state index in [9.17, 15) is 8.42 Å². The zero-order valence-corrected chi connectivity index (χ0v) is 12.6. The second kappa shape index (κ2) is 6.58. The van der Waals surface area contributed by atoms with Crippen LogP contribution in [0.4, 0.5) is 5.69 Å². The van der Waals surface area contributed by atoms with Crippen molar-refractivity contribution in [2.75, 3.05) is 24.4 Å². The van der Waals surface area contributed by atoms with Crippen molar-refractivity contribution in [1.29, 1.82) is 0 Å². The normalized spacial score (nSPS) is 12.7. The zero-order chi connectivity index (χ0) is 15.3. The molecule has 8 heteroatoms. The van der Waals surface area contributed by atoms with Gasteiger partial charge in [-0.15, -0.1) is 0 Å². The van der Waals surface area contributed by atoms with Gasteiger partial charge in [0, 0.05) is 25.7 Å². The van der Waals surface area contributed by atoms with Crippen LogP contribution in [0.2, 0.25) is 0 Å². The van der Waals surface area contributed by atoms with Gasteiger partial charge in [0.2, 0.25) is 0 Å². The van der Waals surface area contributed by atoms with Gasteiger partial charge in [-0.2, -0.15) is 12.7 Å². The molecule has 0 heterocycles. The number of anilines is 1. The highest BCUT2D eigenvalue weighted by molar-refractivity contribution is 7.90. The fourth-order valence-electron chi connectivity index (χ4n) is 1.87. The monoisotopic (exact) mass is 300 g/mol. The number of benzene rings is 1. The molecule has 20 heavy (non-hydrogen) atoms. The Morgan fingerprint density at radius 1 is 1.30 bits per heavy atom. The molecule has 1 rings (SSSR count). The summed E-state index contributed by atoms with van der Waals surface area (Å²) in [5, 5.41) is 11.7. The lowest BCUT2D eigenvalue weighted by Crippen LogP contribution is -2.42. The number of hydrogen-bond donors (Lipinski definition) is 2. The van der Waals surface area contributed by atoms with E-state index >= 15 is 0 Å². The molecule has 112 valence electrons. The predicted molar refractivity (Wildman–Crippen MR) is 79.2 cm³/mol. The zero-order valence-electron chi connectivity index (χ0n) is 11.8. The van der Waals surface area contributed by atoms with Crippen LogP contribution in [0, 0.1) is 0 Å². The fourth-order valence-corrected chi connectivity index (χ4v) is 3.27. The Morgan fingerprint density at radius 3 is 2.35 bits per heavy atom. The molecule has 0 aliphatic rings. The lowest BCUT2D eigenvalue weighted by Gasteiger charge is -2.28. The summed E-state index contributed by atoms with van der Waals surface area (Å²) < 4.78 is 27.4. The van der Waals surface area contributed by atoms with Crippen LogP contribution >= 0.6 is 0 Å². The number of nitrogens with two attached hydrogens (primary N) is 1. The molecule has 7 nitrogen and oxygen atoms in total. The second-order valence-electron chi connectivity index (χ2n) is 4.06. The molecule has 0 amide bonds. The summed E-state index contributed by atoms with van der Waals surface area (Å²) in [6.07, 6.45) is 0. The summed E-state index contributed by atoms with van der Waals surface area (Å²) in [7, 11) is -2.20. The molecule has 0 saturated heterocycles. The molecular weight excluding hydrogens is 280 g/mol. The quantitative estimate of drug-likeness (QED) is 0.351. The number of nitrogens with zero attached hydrogens (tertiary/aromatic N) is 3. The van der Waals surface area contributed by atoms with Crippen molar-refractivity contribution in [3.63, 3.8) is 0 Å². The van der Waals surface area contributed by atoms with Crippen LogP contribution in [-0.2, 0) is 10.2 Å². The van der Waals surface area contributed by atoms with Crippen LogP contribution in [0.5, 0.6) is 0 Å². The largest absolute Gasteiger partial charge is 0.409 e. The van der Waals surface area contributed by atoms with Gasteiger partial charge in [0.1, 0.15) is 0 Å². The van der Waals surface area contributed by atoms with Crippen LogP contribution in [0.3, 0.4) is 0 Å². The number of oxime groups is 1. The van der Waals surface area contributed by atoms with E-state index in [1.54, 1.807) is 38.1 Å². The maximum atomic E-state index is 12.5. The summed E-state index contributed by atoms with van der Waals surface area (Å²) >= 11 is 0. The standard InChI is InChI=1S/C12H20N4O3S/c1-4-16(5-2)20(18,19)15(3)11-9-7-6-8-10(11)12(13)14-17/h6-9,17H,4-5H2,1-3H3,(H2,13,14). The third-order valence-corrected chi connectivity index (χ3v) is 5.06. The summed E-state index contributed by atoms with van der Waals surface area (Å²) in [6.45, 7) is 4.28. The maximum Gasteiger partial charge on any atom is 0.303 e. The van der Waals surface area contributed by atoms with Crippen molar-refractivity contribution in [3.05, 3.63) is 29.8 Å². The van der Waals surface area contributed by atoms with E-state index in [0.29, 0.717) is 24.3 Å². The van der Waals surface area contributed by atoms with E-state index < -0.39 is 10.2 Å². The first-order chi connectivity index (χ1) is 9.39. The molecule has 0 aliphatic carbocycles. The number of para-hydroxylation sites is 1. The minimum Gasteiger partial charge on any atom is -0.409 e. The highest BCUT2D eigenvalue weighted by Crippen LogP contribution is 2.23. The Kier molecular flexibility index (Phi) is 5.34. The highest BCUT2D eigenvalue weighted by Gasteiger charge is 2.26. The van der Waals surface area contributed by atoms with E-state index in [0.717, 1.165) is 4.31 Å². The van der Waals surface area contributed by atoms with Crippen molar-refractivity contribution in [2.45, 2.75) is 13.8 Å². The van der Waals surface area contributed by atoms with Crippen molar-refractivity contribution in [2.24, 2.45) is 10.9 Å². The van der Waals surface area contributed by atoms with Gasteiger partial charge in [-0.1, -0.05) is 31.1 Å². The van der Waals surface area contributed by atoms with Gasteiger partial charge in [0.15, 0.2) is 5.84 Å². The van der Waals surface area contributed by atoms with Gasteiger partial charge in [0.05, 0.1) is 5.69 Å². The summed E-state index contributed by atoms with van der Waals surface area (Å²) in [5.74, 6) is -0.137. The molecule has 3 N–H and O–H groups in total. The Labute approximate surface area is 119 Å². The van der Waals surface area contributed by atoms with Crippen LogP contribution < -0.4 is 10.0 Å². The highest BCUT2D eigenvalue weighted by atomic mass is 32.2. The third-order valence-electron chi connectivity index (χ3n) is 3.00. The summed E-state index contributed by atoms with van der Waals surface area (Å²) in [5.41, 5.74) is 6.29. The molecule has 1 aromatic rings. The Hall–Kier alpha value is -1.80. The van der Waals surface area contributed by atoms with E-state index in [-0.39, 0.29) is 5.84 Å². The van der Waals surface area contributed by atoms with Gasteiger partial charge < -0.3 is 10.9 Å². The van der Waals surface area contributed by atoms with Gasteiger partial charge in [-0.3, -0.25) is 4.31 Å². The van der Waals surface area contributed by atoms with Crippen LogP contribution in [0.25, 0.3) is 0 Å². The minimum atomic E-state index is -3.64. The van der Waals surface area contributed by atoms with Gasteiger partial charge in [0.25, 0.3) is 0 Å². The molecule has 0 atom stereocenters. The lowest BCUT2D eigenvalue weighted by atomic mass is 10.1. The van der Waals surface area contributed by atoms with Crippen molar-refractivity contribution < 1.29 is 13.6 Å². The maximum absolute atomic E-state index is 12.5. The molecular formula is C12H20N4O3S. The first-order valence-electron chi connectivity index (χ1n) is 6.21. The van der Waals surface area contributed by atoms with Crippen molar-refractivity contribution >= 4 is 21.7 Å². The fraction of sp³-hybridized carbons (Fsp3) is 0.417. The van der Waals surface area contributed by atoms with E-state index in [1.807, 2.05) is 0 Å². The first kappa shape index (κ1) is 16.3. The average molecular weight is 300 g/mol. The lowest BCUT2D eigenvalue weighted by molar-refractivity contribution is 0.318. The van der Waals surface area contributed by atoms with Gasteiger partial charge in [-0.05, 0) is 12.1 Å². The molecule has 0 aliphatic heterocycles. The molecule has 0 fully saturated rings. The molecule has 0 radical (unpaired) electrons. The number of rotatable bonds is 6. The third kappa shape index (κ3) is 3.02. The van der Waals surface area contributed by atoms with Gasteiger partial charge >= 0.3 is 10.2 Å². The molecule has 1 aromatic carbocycles. The van der Waals surface area contributed by atoms with E-state index in [4.69, 9.17) is 10.9 Å². The van der Waals surface area contributed by atoms with E-state index in [1.165, 1.54) is 11.4 Å². The molecule has 0 saturated carbocycles. The van der Waals surface area contributed by atoms with Crippen molar-refractivity contribution in [1.82, 2.24) is 4.31 Å². The first-order valence-corrected chi connectivity index (χ1v) is 7.60. The Morgan fingerprint density at radius 2 is 1.85 bits per heavy atom. The van der Waals surface area contributed by atoms with Crippen LogP contribution in [0.15, 0.2) is 29.4 Å². The Bertz CT molecular complexity index is 582. The number of hydrogen-bond acceptors (Lipinski definition) is 4. The second-order valence-corrected chi connectivity index (χ2v) is 6.02. The summed E-state index contributed by atoms with van der Waals surface area (Å²) in [4.78, 5) is 0. The number of amidine groups is 1. The van der Waals surface area contributed by atoms with E-state index in [2.05, 4.69) is 5.16 Å². The van der Waals surface area contributed by atoms with Gasteiger partial charge in [-0.25, -0.2) is 0 Å². The smallest absolute Gasteiger partial charge is 0.303 e. The van der Waals surface area contributed by atoms with Crippen molar-refractivity contribution in [3.8, 4) is 0 Å². The average Bonchev–Trinajstić information content (AvgIpc) is 2.46. The SMILES string of the molecule is CCN(CC)S(=O)(=O)N(C)c1ccccc1/C(N)=N/O. The topological polar surface area (TPSA) is 99.2 Å². The van der Waals surface area contributed by atoms with Crippen LogP contribution in [0.1, 0.15) is 19.4 Å². The molecule has 0 bridgehead atoms. The molecule has 0 aromatic heterocycles. The molecule has 0 spiro atoms. The van der Waals surface area contributed by atoms with Crippen LogP contribution in [-0.4, -0.2) is 43.9 Å². The minimum absolute atomic E-state index is 0.137. The summed E-state index contributed by atoms with van der Waals surface area (Å²) in [6, 6.07) is 6.58.